The van der Waals surface area contributed by atoms with Gasteiger partial charge >= 0.3 is 0 Å². The first-order valence-electron chi connectivity index (χ1n) is 5.50. The van der Waals surface area contributed by atoms with E-state index in [4.69, 9.17) is 0 Å². The molecular formula is C10H20N2OS. The molecule has 0 aromatic rings. The van der Waals surface area contributed by atoms with Gasteiger partial charge in [-0.3, -0.25) is 0 Å². The SMILES string of the molecule is CN=S1(=O)CCC2(CCNCC2)CC1. The number of rotatable bonds is 0. The topological polar surface area (TPSA) is 41.5 Å². The van der Waals surface area contributed by atoms with E-state index in [2.05, 4.69) is 9.68 Å². The highest BCUT2D eigenvalue weighted by molar-refractivity contribution is 7.93. The lowest BCUT2D eigenvalue weighted by Gasteiger charge is -2.41. The van der Waals surface area contributed by atoms with Gasteiger partial charge in [-0.05, 0) is 44.2 Å². The van der Waals surface area contributed by atoms with Gasteiger partial charge in [0, 0.05) is 28.3 Å². The maximum atomic E-state index is 12.0. The second-order valence-electron chi connectivity index (χ2n) is 4.61. The molecule has 4 heteroatoms. The van der Waals surface area contributed by atoms with E-state index in [1.165, 1.54) is 12.8 Å². The van der Waals surface area contributed by atoms with Crippen molar-refractivity contribution >= 4 is 9.73 Å². The Labute approximate surface area is 86.8 Å². The lowest BCUT2D eigenvalue weighted by Crippen LogP contribution is -2.42. The Morgan fingerprint density at radius 3 is 2.21 bits per heavy atom. The summed E-state index contributed by atoms with van der Waals surface area (Å²) in [6, 6.07) is 0. The van der Waals surface area contributed by atoms with Crippen molar-refractivity contribution in [3.63, 3.8) is 0 Å². The average Bonchev–Trinajstić information content (AvgIpc) is 2.25. The summed E-state index contributed by atoms with van der Waals surface area (Å²) in [4.78, 5) is 0. The molecule has 0 aliphatic carbocycles. The van der Waals surface area contributed by atoms with Gasteiger partial charge in [-0.1, -0.05) is 0 Å². The molecule has 2 saturated heterocycles. The molecule has 1 spiro atoms. The molecule has 2 aliphatic heterocycles. The first kappa shape index (κ1) is 10.4. The summed E-state index contributed by atoms with van der Waals surface area (Å²) in [6.45, 7) is 2.29. The smallest absolute Gasteiger partial charge is 0.0465 e. The van der Waals surface area contributed by atoms with Crippen LogP contribution >= 0.6 is 0 Å². The highest BCUT2D eigenvalue weighted by Gasteiger charge is 2.36. The Kier molecular flexibility index (Phi) is 2.84. The van der Waals surface area contributed by atoms with Crippen molar-refractivity contribution < 1.29 is 4.21 Å². The van der Waals surface area contributed by atoms with Gasteiger partial charge in [0.15, 0.2) is 0 Å². The molecule has 2 heterocycles. The van der Waals surface area contributed by atoms with Gasteiger partial charge < -0.3 is 5.32 Å². The molecule has 1 N–H and O–H groups in total. The molecule has 2 aliphatic rings. The minimum atomic E-state index is -1.80. The molecule has 0 unspecified atom stereocenters. The molecule has 0 bridgehead atoms. The monoisotopic (exact) mass is 216 g/mol. The highest BCUT2D eigenvalue weighted by atomic mass is 32.2. The van der Waals surface area contributed by atoms with Crippen molar-refractivity contribution in [2.45, 2.75) is 25.7 Å². The van der Waals surface area contributed by atoms with Crippen LogP contribution in [0.3, 0.4) is 0 Å². The molecule has 3 nitrogen and oxygen atoms in total. The van der Waals surface area contributed by atoms with Crippen molar-refractivity contribution in [1.82, 2.24) is 5.32 Å². The van der Waals surface area contributed by atoms with E-state index in [1.54, 1.807) is 7.05 Å². The summed E-state index contributed by atoms with van der Waals surface area (Å²) >= 11 is 0. The summed E-state index contributed by atoms with van der Waals surface area (Å²) in [7, 11) is -0.0878. The van der Waals surface area contributed by atoms with Gasteiger partial charge in [-0.15, -0.1) is 0 Å². The molecule has 2 fully saturated rings. The molecule has 0 atom stereocenters. The van der Waals surface area contributed by atoms with Crippen LogP contribution in [-0.4, -0.2) is 35.9 Å². The Balaban J connectivity index is 2.04. The van der Waals surface area contributed by atoms with Gasteiger partial charge in [0.25, 0.3) is 0 Å². The van der Waals surface area contributed by atoms with Crippen LogP contribution in [0.2, 0.25) is 0 Å². The summed E-state index contributed by atoms with van der Waals surface area (Å²) in [5.41, 5.74) is 0.511. The molecule has 0 aromatic carbocycles. The number of hydrogen-bond acceptors (Lipinski definition) is 3. The third-order valence-corrected chi connectivity index (χ3v) is 6.25. The second-order valence-corrected chi connectivity index (χ2v) is 7.34. The lowest BCUT2D eigenvalue weighted by molar-refractivity contribution is 0.182. The van der Waals surface area contributed by atoms with Crippen LogP contribution in [0.4, 0.5) is 0 Å². The maximum Gasteiger partial charge on any atom is 0.0465 e. The third-order valence-electron chi connectivity index (χ3n) is 3.90. The standard InChI is InChI=1S/C10H20N2OS/c1-11-14(13)8-4-10(5-9-14)2-6-12-7-3-10/h12H,2-9H2,1H3. The minimum Gasteiger partial charge on any atom is -0.317 e. The average molecular weight is 216 g/mol. The minimum absolute atomic E-state index is 0.511. The molecule has 82 valence electrons. The van der Waals surface area contributed by atoms with Crippen molar-refractivity contribution in [3.05, 3.63) is 0 Å². The first-order chi connectivity index (χ1) is 6.68. The Morgan fingerprint density at radius 2 is 1.71 bits per heavy atom. The van der Waals surface area contributed by atoms with Crippen LogP contribution in [-0.2, 0) is 9.73 Å². The quantitative estimate of drug-likeness (QED) is 0.662. The van der Waals surface area contributed by atoms with E-state index in [-0.39, 0.29) is 0 Å². The molecule has 14 heavy (non-hydrogen) atoms. The number of nitrogens with zero attached hydrogens (tertiary/aromatic N) is 1. The number of nitrogens with one attached hydrogen (secondary N) is 1. The number of hydrogen-bond donors (Lipinski definition) is 1. The van der Waals surface area contributed by atoms with Crippen molar-refractivity contribution in [1.29, 1.82) is 0 Å². The summed E-state index contributed by atoms with van der Waals surface area (Å²) in [5, 5.41) is 3.40. The molecule has 0 radical (unpaired) electrons. The van der Waals surface area contributed by atoms with Gasteiger partial charge in [0.05, 0.1) is 0 Å². The second kappa shape index (κ2) is 3.81. The Bertz CT molecular complexity index is 296. The molecule has 0 saturated carbocycles. The number of piperidine rings is 1. The van der Waals surface area contributed by atoms with E-state index in [9.17, 15) is 4.21 Å². The van der Waals surface area contributed by atoms with Crippen LogP contribution in [0.5, 0.6) is 0 Å². The van der Waals surface area contributed by atoms with E-state index in [0.717, 1.165) is 37.4 Å². The fraction of sp³-hybridized carbons (Fsp3) is 1.00. The van der Waals surface area contributed by atoms with Crippen molar-refractivity contribution in [3.8, 4) is 0 Å². The maximum absolute atomic E-state index is 12.0. The highest BCUT2D eigenvalue weighted by Crippen LogP contribution is 2.40. The predicted molar refractivity (Wildman–Crippen MR) is 60.0 cm³/mol. The van der Waals surface area contributed by atoms with Crippen LogP contribution < -0.4 is 5.32 Å². The summed E-state index contributed by atoms with van der Waals surface area (Å²) < 4.78 is 16.1. The summed E-state index contributed by atoms with van der Waals surface area (Å²) in [6.07, 6.45) is 4.80. The van der Waals surface area contributed by atoms with Crippen LogP contribution in [0.1, 0.15) is 25.7 Å². The molecular weight excluding hydrogens is 196 g/mol. The van der Waals surface area contributed by atoms with E-state index < -0.39 is 9.73 Å². The normalized spacial score (nSPS) is 30.1. The zero-order chi connectivity index (χ0) is 10.1. The third kappa shape index (κ3) is 1.96. The van der Waals surface area contributed by atoms with Crippen molar-refractivity contribution in [2.24, 2.45) is 9.78 Å². The molecule has 0 aromatic heterocycles. The molecule has 0 amide bonds. The summed E-state index contributed by atoms with van der Waals surface area (Å²) in [5.74, 6) is 1.67. The lowest BCUT2D eigenvalue weighted by atomic mass is 9.74. The molecule has 2 rings (SSSR count). The van der Waals surface area contributed by atoms with Crippen LogP contribution in [0.25, 0.3) is 0 Å². The van der Waals surface area contributed by atoms with Crippen LogP contribution in [0, 0.1) is 5.41 Å². The van der Waals surface area contributed by atoms with Gasteiger partial charge in [0.1, 0.15) is 0 Å². The van der Waals surface area contributed by atoms with Crippen molar-refractivity contribution in [2.75, 3.05) is 31.6 Å². The van der Waals surface area contributed by atoms with Gasteiger partial charge in [-0.25, -0.2) is 8.57 Å². The van der Waals surface area contributed by atoms with E-state index >= 15 is 0 Å². The van der Waals surface area contributed by atoms with E-state index in [1.807, 2.05) is 0 Å². The largest absolute Gasteiger partial charge is 0.317 e. The predicted octanol–water partition coefficient (Wildman–Crippen LogP) is 1.25. The Morgan fingerprint density at radius 1 is 1.14 bits per heavy atom. The Hall–Kier alpha value is -0.0900. The zero-order valence-electron chi connectivity index (χ0n) is 8.92. The fourth-order valence-corrected chi connectivity index (χ4v) is 4.69. The van der Waals surface area contributed by atoms with E-state index in [0.29, 0.717) is 5.41 Å². The zero-order valence-corrected chi connectivity index (χ0v) is 9.74. The van der Waals surface area contributed by atoms with Gasteiger partial charge in [0.2, 0.25) is 0 Å². The van der Waals surface area contributed by atoms with Crippen LogP contribution in [0.15, 0.2) is 4.36 Å². The fourth-order valence-electron chi connectivity index (χ4n) is 2.62. The van der Waals surface area contributed by atoms with Gasteiger partial charge in [-0.2, -0.15) is 0 Å². The first-order valence-corrected chi connectivity index (χ1v) is 7.35.